The molecule has 2 rings (SSSR count). The molecule has 0 fully saturated rings. The highest BCUT2D eigenvalue weighted by molar-refractivity contribution is 5.55. The van der Waals surface area contributed by atoms with Gasteiger partial charge in [-0.2, -0.15) is 10.1 Å². The first-order valence-electron chi connectivity index (χ1n) is 6.37. The predicted octanol–water partition coefficient (Wildman–Crippen LogP) is 2.30. The molecule has 2 aromatic rings. The molecule has 0 atom stereocenters. The van der Waals surface area contributed by atoms with Crippen molar-refractivity contribution in [1.29, 1.82) is 0 Å². The molecule has 19 heavy (non-hydrogen) atoms. The van der Waals surface area contributed by atoms with Crippen molar-refractivity contribution >= 4 is 11.6 Å². The van der Waals surface area contributed by atoms with Crippen molar-refractivity contribution in [2.75, 3.05) is 5.32 Å². The van der Waals surface area contributed by atoms with Crippen LogP contribution < -0.4 is 10.1 Å². The number of nitrogens with one attached hydrogen (secondary N) is 1. The lowest BCUT2D eigenvalue weighted by atomic mass is 10.3. The Labute approximate surface area is 112 Å². The van der Waals surface area contributed by atoms with E-state index in [1.807, 2.05) is 27.1 Å². The van der Waals surface area contributed by atoms with Gasteiger partial charge in [-0.1, -0.05) is 6.92 Å². The minimum absolute atomic E-state index is 0.0901. The molecule has 0 radical (unpaired) electrons. The van der Waals surface area contributed by atoms with E-state index in [0.717, 1.165) is 17.8 Å². The normalized spacial score (nSPS) is 10.8. The average Bonchev–Trinajstić information content (AvgIpc) is 2.69. The fourth-order valence-corrected chi connectivity index (χ4v) is 1.73. The summed E-state index contributed by atoms with van der Waals surface area (Å²) in [6, 6.07) is 1.75. The lowest BCUT2D eigenvalue weighted by Gasteiger charge is -2.09. The molecule has 0 unspecified atom stereocenters. The topological polar surface area (TPSA) is 64.9 Å². The zero-order valence-electron chi connectivity index (χ0n) is 11.7. The van der Waals surface area contributed by atoms with Crippen LogP contribution in [0.5, 0.6) is 5.88 Å². The van der Waals surface area contributed by atoms with Gasteiger partial charge in [0, 0.05) is 25.5 Å². The number of anilines is 2. The van der Waals surface area contributed by atoms with Crippen molar-refractivity contribution < 1.29 is 4.74 Å². The number of hydrogen-bond donors (Lipinski definition) is 1. The van der Waals surface area contributed by atoms with Crippen LogP contribution in [0, 0.1) is 0 Å². The lowest BCUT2D eigenvalue weighted by Crippen LogP contribution is -2.08. The largest absolute Gasteiger partial charge is 0.475 e. The number of aromatic nitrogens is 4. The monoisotopic (exact) mass is 261 g/mol. The summed E-state index contributed by atoms with van der Waals surface area (Å²) in [4.78, 5) is 8.50. The van der Waals surface area contributed by atoms with Gasteiger partial charge in [0.1, 0.15) is 0 Å². The smallest absolute Gasteiger partial charge is 0.230 e. The first-order valence-corrected chi connectivity index (χ1v) is 6.37. The van der Waals surface area contributed by atoms with E-state index >= 15 is 0 Å². The Kier molecular flexibility index (Phi) is 3.99. The van der Waals surface area contributed by atoms with Crippen molar-refractivity contribution in [1.82, 2.24) is 19.7 Å². The maximum Gasteiger partial charge on any atom is 0.230 e. The van der Waals surface area contributed by atoms with Crippen molar-refractivity contribution in [3.63, 3.8) is 0 Å². The molecule has 0 aromatic carbocycles. The third-order valence-corrected chi connectivity index (χ3v) is 2.47. The second kappa shape index (κ2) is 5.69. The average molecular weight is 261 g/mol. The molecule has 0 saturated heterocycles. The molecule has 102 valence electrons. The van der Waals surface area contributed by atoms with E-state index in [4.69, 9.17) is 4.74 Å². The van der Waals surface area contributed by atoms with Crippen molar-refractivity contribution in [2.24, 2.45) is 7.05 Å². The molecule has 6 heteroatoms. The first-order chi connectivity index (χ1) is 9.08. The molecule has 1 N–H and O–H groups in total. The summed E-state index contributed by atoms with van der Waals surface area (Å²) in [7, 11) is 1.89. The molecular formula is C13H19N5O. The molecular weight excluding hydrogens is 242 g/mol. The van der Waals surface area contributed by atoms with Gasteiger partial charge in [0.25, 0.3) is 0 Å². The lowest BCUT2D eigenvalue weighted by molar-refractivity contribution is 0.232. The zero-order valence-corrected chi connectivity index (χ0v) is 11.7. The van der Waals surface area contributed by atoms with E-state index < -0.39 is 0 Å². The molecule has 0 bridgehead atoms. The number of ether oxygens (including phenoxy) is 1. The van der Waals surface area contributed by atoms with Gasteiger partial charge in [0.2, 0.25) is 11.8 Å². The van der Waals surface area contributed by atoms with E-state index in [1.165, 1.54) is 0 Å². The molecule has 0 spiro atoms. The van der Waals surface area contributed by atoms with Crippen LogP contribution in [-0.4, -0.2) is 25.9 Å². The number of rotatable bonds is 5. The minimum atomic E-state index is 0.0901. The highest BCUT2D eigenvalue weighted by Gasteiger charge is 2.08. The van der Waals surface area contributed by atoms with Gasteiger partial charge in [0.15, 0.2) is 0 Å². The molecule has 0 aliphatic heterocycles. The Morgan fingerprint density at radius 3 is 2.89 bits per heavy atom. The summed E-state index contributed by atoms with van der Waals surface area (Å²) < 4.78 is 7.32. The Hall–Kier alpha value is -2.11. The van der Waals surface area contributed by atoms with Crippen LogP contribution in [0.3, 0.4) is 0 Å². The van der Waals surface area contributed by atoms with E-state index in [-0.39, 0.29) is 6.10 Å². The van der Waals surface area contributed by atoms with Crippen LogP contribution in [0.1, 0.15) is 26.5 Å². The minimum Gasteiger partial charge on any atom is -0.475 e. The van der Waals surface area contributed by atoms with Gasteiger partial charge in [-0.25, -0.2) is 4.98 Å². The second-order valence-corrected chi connectivity index (χ2v) is 4.53. The highest BCUT2D eigenvalue weighted by Crippen LogP contribution is 2.19. The van der Waals surface area contributed by atoms with Crippen LogP contribution in [0.15, 0.2) is 18.5 Å². The highest BCUT2D eigenvalue weighted by atomic mass is 16.5. The maximum absolute atomic E-state index is 5.54. The number of aryl methyl sites for hydroxylation is 2. The van der Waals surface area contributed by atoms with Crippen LogP contribution in [0.2, 0.25) is 0 Å². The van der Waals surface area contributed by atoms with E-state index in [1.54, 1.807) is 16.9 Å². The SMILES string of the molecule is CCc1nn(C)cc1Nc1nccc(OC(C)C)n1. The van der Waals surface area contributed by atoms with Crippen LogP contribution in [0.25, 0.3) is 0 Å². The van der Waals surface area contributed by atoms with Gasteiger partial charge in [-0.05, 0) is 20.3 Å². The van der Waals surface area contributed by atoms with Gasteiger partial charge in [0.05, 0.1) is 17.5 Å². The number of nitrogens with zero attached hydrogens (tertiary/aromatic N) is 4. The zero-order chi connectivity index (χ0) is 13.8. The molecule has 2 aromatic heterocycles. The standard InChI is InChI=1S/C13H19N5O/c1-5-10-11(8-18(4)17-10)15-13-14-7-6-12(16-13)19-9(2)3/h6-9H,5H2,1-4H3,(H,14,15,16). The van der Waals surface area contributed by atoms with Crippen LogP contribution in [0.4, 0.5) is 11.6 Å². The van der Waals surface area contributed by atoms with Gasteiger partial charge >= 0.3 is 0 Å². The number of hydrogen-bond acceptors (Lipinski definition) is 5. The van der Waals surface area contributed by atoms with E-state index in [2.05, 4.69) is 27.3 Å². The fraction of sp³-hybridized carbons (Fsp3) is 0.462. The molecule has 2 heterocycles. The Morgan fingerprint density at radius 1 is 1.42 bits per heavy atom. The molecule has 0 saturated carbocycles. The quantitative estimate of drug-likeness (QED) is 0.894. The summed E-state index contributed by atoms with van der Waals surface area (Å²) in [5, 5.41) is 7.54. The molecule has 6 nitrogen and oxygen atoms in total. The van der Waals surface area contributed by atoms with Crippen molar-refractivity contribution in [2.45, 2.75) is 33.3 Å². The van der Waals surface area contributed by atoms with Crippen LogP contribution >= 0.6 is 0 Å². The van der Waals surface area contributed by atoms with Gasteiger partial charge < -0.3 is 10.1 Å². The summed E-state index contributed by atoms with van der Waals surface area (Å²) in [6.07, 6.45) is 4.53. The summed E-state index contributed by atoms with van der Waals surface area (Å²) in [6.45, 7) is 5.99. The molecule has 0 aliphatic rings. The predicted molar refractivity (Wildman–Crippen MR) is 73.7 cm³/mol. The van der Waals surface area contributed by atoms with Crippen molar-refractivity contribution in [3.05, 3.63) is 24.2 Å². The summed E-state index contributed by atoms with van der Waals surface area (Å²) in [5.74, 6) is 1.08. The van der Waals surface area contributed by atoms with E-state index in [9.17, 15) is 0 Å². The van der Waals surface area contributed by atoms with Gasteiger partial charge in [-0.3, -0.25) is 4.68 Å². The Morgan fingerprint density at radius 2 is 2.21 bits per heavy atom. The second-order valence-electron chi connectivity index (χ2n) is 4.53. The Bertz CT molecular complexity index is 550. The van der Waals surface area contributed by atoms with E-state index in [0.29, 0.717) is 11.8 Å². The molecule has 0 aliphatic carbocycles. The molecule has 0 amide bonds. The maximum atomic E-state index is 5.54. The summed E-state index contributed by atoms with van der Waals surface area (Å²) in [5.41, 5.74) is 1.91. The van der Waals surface area contributed by atoms with Crippen molar-refractivity contribution in [3.8, 4) is 5.88 Å². The van der Waals surface area contributed by atoms with Gasteiger partial charge in [-0.15, -0.1) is 0 Å². The first kappa shape index (κ1) is 13.3. The fourth-order valence-electron chi connectivity index (χ4n) is 1.73. The summed E-state index contributed by atoms with van der Waals surface area (Å²) >= 11 is 0. The third-order valence-electron chi connectivity index (χ3n) is 2.47. The Balaban J connectivity index is 2.18. The third kappa shape index (κ3) is 3.43. The van der Waals surface area contributed by atoms with Crippen LogP contribution in [-0.2, 0) is 13.5 Å².